The standard InChI is InChI=1S/C11H11ClF3NO3/c1-19-6-8(12)4-7-2-3-9(16(17)18)5-10(7)11(13,14)15/h2-3,5,8H,4,6H2,1H3. The van der Waals surface area contributed by atoms with Crippen molar-refractivity contribution in [3.8, 4) is 0 Å². The predicted octanol–water partition coefficient (Wildman–Crippen LogP) is 3.41. The third kappa shape index (κ3) is 4.36. The van der Waals surface area contributed by atoms with Crippen LogP contribution in [0.15, 0.2) is 18.2 Å². The highest BCUT2D eigenvalue weighted by molar-refractivity contribution is 6.20. The summed E-state index contributed by atoms with van der Waals surface area (Å²) in [7, 11) is 1.38. The number of alkyl halides is 4. The molecular weight excluding hydrogens is 287 g/mol. The molecule has 1 unspecified atom stereocenters. The van der Waals surface area contributed by atoms with Gasteiger partial charge in [-0.3, -0.25) is 10.1 Å². The molecule has 0 N–H and O–H groups in total. The van der Waals surface area contributed by atoms with Crippen molar-refractivity contribution in [2.45, 2.75) is 18.0 Å². The van der Waals surface area contributed by atoms with E-state index in [9.17, 15) is 23.3 Å². The van der Waals surface area contributed by atoms with E-state index in [0.717, 1.165) is 12.1 Å². The number of nitro groups is 1. The number of hydrogen-bond donors (Lipinski definition) is 0. The molecule has 0 spiro atoms. The normalized spacial score (nSPS) is 13.3. The first-order chi connectivity index (χ1) is 8.75. The summed E-state index contributed by atoms with van der Waals surface area (Å²) in [5.74, 6) is 0. The van der Waals surface area contributed by atoms with Crippen LogP contribution in [-0.2, 0) is 17.3 Å². The van der Waals surface area contributed by atoms with Gasteiger partial charge in [-0.2, -0.15) is 13.2 Å². The van der Waals surface area contributed by atoms with E-state index < -0.39 is 27.7 Å². The van der Waals surface area contributed by atoms with E-state index in [4.69, 9.17) is 16.3 Å². The first-order valence-electron chi connectivity index (χ1n) is 5.23. The summed E-state index contributed by atoms with van der Waals surface area (Å²) in [6, 6.07) is 2.62. The molecule has 19 heavy (non-hydrogen) atoms. The lowest BCUT2D eigenvalue weighted by molar-refractivity contribution is -0.385. The van der Waals surface area contributed by atoms with Gasteiger partial charge in [0.1, 0.15) is 0 Å². The van der Waals surface area contributed by atoms with Crippen LogP contribution in [0.1, 0.15) is 11.1 Å². The van der Waals surface area contributed by atoms with Crippen LogP contribution in [0.25, 0.3) is 0 Å². The monoisotopic (exact) mass is 297 g/mol. The van der Waals surface area contributed by atoms with Gasteiger partial charge in [-0.25, -0.2) is 0 Å². The fraction of sp³-hybridized carbons (Fsp3) is 0.455. The number of benzene rings is 1. The lowest BCUT2D eigenvalue weighted by atomic mass is 10.0. The molecule has 1 atom stereocenters. The maximum absolute atomic E-state index is 12.8. The van der Waals surface area contributed by atoms with Gasteiger partial charge in [0, 0.05) is 19.2 Å². The Kier molecular flexibility index (Phi) is 5.13. The maximum atomic E-state index is 12.8. The van der Waals surface area contributed by atoms with Crippen LogP contribution in [0.4, 0.5) is 18.9 Å². The highest BCUT2D eigenvalue weighted by atomic mass is 35.5. The first kappa shape index (κ1) is 15.7. The Labute approximate surface area is 112 Å². The second-order valence-corrected chi connectivity index (χ2v) is 4.47. The van der Waals surface area contributed by atoms with Crippen LogP contribution in [0.3, 0.4) is 0 Å². The number of nitro benzene ring substituents is 1. The highest BCUT2D eigenvalue weighted by Gasteiger charge is 2.35. The van der Waals surface area contributed by atoms with E-state index in [2.05, 4.69) is 0 Å². The number of rotatable bonds is 5. The minimum atomic E-state index is -4.66. The number of nitrogens with zero attached hydrogens (tertiary/aromatic N) is 1. The predicted molar refractivity (Wildman–Crippen MR) is 63.3 cm³/mol. The van der Waals surface area contributed by atoms with E-state index in [1.807, 2.05) is 0 Å². The molecule has 0 bridgehead atoms. The molecule has 1 aromatic carbocycles. The zero-order chi connectivity index (χ0) is 14.6. The molecule has 1 aromatic rings. The van der Waals surface area contributed by atoms with Crippen LogP contribution in [0.5, 0.6) is 0 Å². The van der Waals surface area contributed by atoms with E-state index in [-0.39, 0.29) is 18.6 Å². The Bertz CT molecular complexity index is 465. The van der Waals surface area contributed by atoms with E-state index in [1.165, 1.54) is 7.11 Å². The number of ether oxygens (including phenoxy) is 1. The van der Waals surface area contributed by atoms with E-state index >= 15 is 0 Å². The summed E-state index contributed by atoms with van der Waals surface area (Å²) in [6.45, 7) is 0.0931. The third-order valence-electron chi connectivity index (χ3n) is 2.40. The molecule has 0 aliphatic rings. The largest absolute Gasteiger partial charge is 0.416 e. The van der Waals surface area contributed by atoms with Gasteiger partial charge in [-0.05, 0) is 12.0 Å². The van der Waals surface area contributed by atoms with Crippen LogP contribution >= 0.6 is 11.6 Å². The Morgan fingerprint density at radius 1 is 1.47 bits per heavy atom. The molecule has 0 aliphatic carbocycles. The van der Waals surface area contributed by atoms with Crippen molar-refractivity contribution in [3.05, 3.63) is 39.4 Å². The highest BCUT2D eigenvalue weighted by Crippen LogP contribution is 2.35. The van der Waals surface area contributed by atoms with Crippen molar-refractivity contribution < 1.29 is 22.8 Å². The van der Waals surface area contributed by atoms with Crippen molar-refractivity contribution in [2.24, 2.45) is 0 Å². The zero-order valence-corrected chi connectivity index (χ0v) is 10.7. The molecule has 0 heterocycles. The lowest BCUT2D eigenvalue weighted by Crippen LogP contribution is -2.16. The van der Waals surface area contributed by atoms with E-state index in [1.54, 1.807) is 0 Å². The molecule has 0 saturated carbocycles. The molecule has 0 aromatic heterocycles. The average molecular weight is 298 g/mol. The summed E-state index contributed by atoms with van der Waals surface area (Å²) in [4.78, 5) is 9.64. The Morgan fingerprint density at radius 3 is 2.58 bits per heavy atom. The fourth-order valence-corrected chi connectivity index (χ4v) is 1.89. The molecule has 4 nitrogen and oxygen atoms in total. The number of halogens is 4. The molecule has 106 valence electrons. The average Bonchev–Trinajstić information content (AvgIpc) is 2.27. The van der Waals surface area contributed by atoms with Gasteiger partial charge in [0.2, 0.25) is 0 Å². The summed E-state index contributed by atoms with van der Waals surface area (Å²) in [5.41, 5.74) is -1.73. The fourth-order valence-electron chi connectivity index (χ4n) is 1.60. The SMILES string of the molecule is COCC(Cl)Cc1ccc([N+](=O)[O-])cc1C(F)(F)F. The number of hydrogen-bond acceptors (Lipinski definition) is 3. The molecule has 0 saturated heterocycles. The second kappa shape index (κ2) is 6.21. The van der Waals surface area contributed by atoms with E-state index in [0.29, 0.717) is 6.07 Å². The van der Waals surface area contributed by atoms with Crippen LogP contribution in [0, 0.1) is 10.1 Å². The van der Waals surface area contributed by atoms with Crippen LogP contribution in [-0.4, -0.2) is 24.0 Å². The van der Waals surface area contributed by atoms with Gasteiger partial charge < -0.3 is 4.74 Å². The molecule has 0 amide bonds. The van der Waals surface area contributed by atoms with Crippen molar-refractivity contribution in [2.75, 3.05) is 13.7 Å². The summed E-state index contributed by atoms with van der Waals surface area (Å²) in [5, 5.41) is 9.88. The number of methoxy groups -OCH3 is 1. The van der Waals surface area contributed by atoms with Crippen molar-refractivity contribution >= 4 is 17.3 Å². The smallest absolute Gasteiger partial charge is 0.383 e. The van der Waals surface area contributed by atoms with Gasteiger partial charge in [0.25, 0.3) is 5.69 Å². The van der Waals surface area contributed by atoms with Gasteiger partial charge in [-0.1, -0.05) is 6.07 Å². The summed E-state index contributed by atoms with van der Waals surface area (Å²) in [6.07, 6.45) is -4.74. The molecule has 8 heteroatoms. The Morgan fingerprint density at radius 2 is 2.11 bits per heavy atom. The van der Waals surface area contributed by atoms with Crippen LogP contribution < -0.4 is 0 Å². The van der Waals surface area contributed by atoms with Crippen molar-refractivity contribution in [1.82, 2.24) is 0 Å². The topological polar surface area (TPSA) is 52.4 Å². The molecule has 0 radical (unpaired) electrons. The second-order valence-electron chi connectivity index (χ2n) is 3.85. The van der Waals surface area contributed by atoms with Crippen molar-refractivity contribution in [3.63, 3.8) is 0 Å². The Balaban J connectivity index is 3.13. The maximum Gasteiger partial charge on any atom is 0.416 e. The molecular formula is C11H11ClF3NO3. The molecule has 1 rings (SSSR count). The molecule has 0 aliphatic heterocycles. The molecule has 0 fully saturated rings. The van der Waals surface area contributed by atoms with Crippen LogP contribution in [0.2, 0.25) is 0 Å². The van der Waals surface area contributed by atoms with Crippen molar-refractivity contribution in [1.29, 1.82) is 0 Å². The third-order valence-corrected chi connectivity index (χ3v) is 2.68. The number of non-ortho nitro benzene ring substituents is 1. The van der Waals surface area contributed by atoms with Gasteiger partial charge in [0.15, 0.2) is 0 Å². The quantitative estimate of drug-likeness (QED) is 0.475. The minimum absolute atomic E-state index is 0.0811. The Hall–Kier alpha value is -1.34. The summed E-state index contributed by atoms with van der Waals surface area (Å²) < 4.78 is 43.2. The minimum Gasteiger partial charge on any atom is -0.383 e. The lowest BCUT2D eigenvalue weighted by Gasteiger charge is -2.14. The van der Waals surface area contributed by atoms with Gasteiger partial charge >= 0.3 is 6.18 Å². The van der Waals surface area contributed by atoms with Gasteiger partial charge in [0.05, 0.1) is 22.5 Å². The summed E-state index contributed by atoms with van der Waals surface area (Å²) >= 11 is 5.81. The first-order valence-corrected chi connectivity index (χ1v) is 5.67. The zero-order valence-electron chi connectivity index (χ0n) is 9.91. The van der Waals surface area contributed by atoms with Gasteiger partial charge in [-0.15, -0.1) is 11.6 Å².